The molecule has 11 heteroatoms. The maximum Gasteiger partial charge on any atom is 0.309 e. The van der Waals surface area contributed by atoms with Gasteiger partial charge in [0.25, 0.3) is 0 Å². The van der Waals surface area contributed by atoms with Crippen molar-refractivity contribution in [2.45, 2.75) is 45.6 Å². The number of nitrogens with one attached hydrogen (secondary N) is 4. The van der Waals surface area contributed by atoms with Gasteiger partial charge in [-0.05, 0) is 56.4 Å². The third-order valence-electron chi connectivity index (χ3n) is 6.07. The number of nitrogens with two attached hydrogens (primary N) is 1. The van der Waals surface area contributed by atoms with E-state index in [1.807, 2.05) is 42.5 Å². The van der Waals surface area contributed by atoms with Crippen molar-refractivity contribution in [1.29, 1.82) is 0 Å². The van der Waals surface area contributed by atoms with Crippen molar-refractivity contribution >= 4 is 35.3 Å². The minimum absolute atomic E-state index is 0.190. The highest BCUT2D eigenvalue weighted by atomic mass is 16.4. The first-order valence-corrected chi connectivity index (χ1v) is 12.7. The van der Waals surface area contributed by atoms with Gasteiger partial charge in [-0.15, -0.1) is 0 Å². The lowest BCUT2D eigenvalue weighted by molar-refractivity contribution is -0.147. The van der Waals surface area contributed by atoms with Gasteiger partial charge in [0, 0.05) is 12.1 Å². The van der Waals surface area contributed by atoms with Crippen LogP contribution in [0.5, 0.6) is 0 Å². The molecule has 2 aromatic carbocycles. The average Bonchev–Trinajstić information content (AvgIpc) is 2.91. The van der Waals surface area contributed by atoms with Crippen molar-refractivity contribution in [3.63, 3.8) is 0 Å². The first-order chi connectivity index (χ1) is 18.5. The van der Waals surface area contributed by atoms with Crippen LogP contribution in [-0.2, 0) is 36.8 Å². The molecule has 0 aliphatic carbocycles. The largest absolute Gasteiger partial charge is 0.481 e. The summed E-state index contributed by atoms with van der Waals surface area (Å²) in [5, 5.41) is 19.4. The molecule has 210 valence electrons. The fourth-order valence-corrected chi connectivity index (χ4v) is 3.65. The molecule has 0 radical (unpaired) electrons. The molecule has 0 bridgehead atoms. The quantitative estimate of drug-likeness (QED) is 0.195. The van der Waals surface area contributed by atoms with Gasteiger partial charge in [0.05, 0.1) is 25.0 Å². The first-order valence-electron chi connectivity index (χ1n) is 12.7. The fraction of sp³-hybridized carbons (Fsp3) is 0.393. The lowest BCUT2D eigenvalue weighted by Gasteiger charge is -2.19. The van der Waals surface area contributed by atoms with Crippen LogP contribution >= 0.6 is 0 Å². The second kappa shape index (κ2) is 15.2. The summed E-state index contributed by atoms with van der Waals surface area (Å²) in [6.45, 7) is 2.50. The Morgan fingerprint density at radius 3 is 2.10 bits per heavy atom. The minimum Gasteiger partial charge on any atom is -0.481 e. The van der Waals surface area contributed by atoms with E-state index in [0.717, 1.165) is 17.5 Å². The Labute approximate surface area is 227 Å². The second-order valence-electron chi connectivity index (χ2n) is 9.80. The number of anilines is 1. The van der Waals surface area contributed by atoms with Crippen molar-refractivity contribution < 1.29 is 29.1 Å². The monoisotopic (exact) mass is 539 g/mol. The molecule has 0 unspecified atom stereocenters. The number of aliphatic carboxylic acids is 1. The Kier molecular flexibility index (Phi) is 12.1. The molecule has 1 atom stereocenters. The van der Waals surface area contributed by atoms with Crippen molar-refractivity contribution in [3.05, 3.63) is 65.7 Å². The Morgan fingerprint density at radius 1 is 0.846 bits per heavy atom. The Balaban J connectivity index is 1.88. The number of benzene rings is 2. The zero-order valence-electron chi connectivity index (χ0n) is 22.3. The lowest BCUT2D eigenvalue weighted by Crippen LogP contribution is -2.51. The van der Waals surface area contributed by atoms with E-state index in [2.05, 4.69) is 21.3 Å². The van der Waals surface area contributed by atoms with Crippen LogP contribution in [0, 0.1) is 5.41 Å². The molecule has 0 aliphatic heterocycles. The molecule has 0 heterocycles. The highest BCUT2D eigenvalue weighted by Crippen LogP contribution is 2.24. The Morgan fingerprint density at radius 2 is 1.49 bits per heavy atom. The van der Waals surface area contributed by atoms with Gasteiger partial charge in [-0.3, -0.25) is 24.0 Å². The summed E-state index contributed by atoms with van der Waals surface area (Å²) in [4.78, 5) is 60.1. The molecule has 7 N–H and O–H groups in total. The third-order valence-corrected chi connectivity index (χ3v) is 6.07. The normalized spacial score (nSPS) is 11.7. The zero-order valence-corrected chi connectivity index (χ0v) is 22.3. The number of hydrogen-bond acceptors (Lipinski definition) is 6. The summed E-state index contributed by atoms with van der Waals surface area (Å²) in [6.07, 6.45) is 2.17. The van der Waals surface area contributed by atoms with E-state index >= 15 is 0 Å². The van der Waals surface area contributed by atoms with Gasteiger partial charge in [0.1, 0.15) is 6.04 Å². The molecule has 0 aliphatic rings. The van der Waals surface area contributed by atoms with E-state index < -0.39 is 41.1 Å². The maximum absolute atomic E-state index is 12.8. The maximum atomic E-state index is 12.8. The van der Waals surface area contributed by atoms with Crippen LogP contribution in [0.4, 0.5) is 5.69 Å². The van der Waals surface area contributed by atoms with Gasteiger partial charge in [-0.25, -0.2) is 0 Å². The van der Waals surface area contributed by atoms with Crippen LogP contribution in [-0.4, -0.2) is 60.4 Å². The van der Waals surface area contributed by atoms with Crippen molar-refractivity contribution in [1.82, 2.24) is 16.0 Å². The standard InChI is InChI=1S/C28H37N5O6/c1-28(2,27(38)39)14-6-9-19-10-12-21(13-11-19)32-24(35)18-31-26(37)22(15-20-7-4-3-5-8-20)33-25(36)17-30-23(34)16-29/h3-5,7-8,10-13,22H,6,9,14-18,29H2,1-2H3,(H,30,34)(H,31,37)(H,32,35)(H,33,36)(H,38,39)/t22-/m0/s1. The van der Waals surface area contributed by atoms with Crippen molar-refractivity contribution in [2.24, 2.45) is 11.1 Å². The molecular weight excluding hydrogens is 502 g/mol. The summed E-state index contributed by atoms with van der Waals surface area (Å²) in [5.74, 6) is -2.88. The SMILES string of the molecule is CC(C)(CCCc1ccc(NC(=O)CNC(=O)[C@H](Cc2ccccc2)NC(=O)CNC(=O)CN)cc1)C(=O)O. The van der Waals surface area contributed by atoms with E-state index in [-0.39, 0.29) is 26.1 Å². The van der Waals surface area contributed by atoms with E-state index in [1.54, 1.807) is 26.0 Å². The van der Waals surface area contributed by atoms with Gasteiger partial charge in [-0.2, -0.15) is 0 Å². The number of hydrogen-bond donors (Lipinski definition) is 6. The van der Waals surface area contributed by atoms with E-state index in [4.69, 9.17) is 5.73 Å². The molecule has 0 fully saturated rings. The van der Waals surface area contributed by atoms with Crippen molar-refractivity contribution in [3.8, 4) is 0 Å². The number of rotatable bonds is 15. The van der Waals surface area contributed by atoms with Crippen LogP contribution in [0.15, 0.2) is 54.6 Å². The van der Waals surface area contributed by atoms with Gasteiger partial charge in [0.15, 0.2) is 0 Å². The topological polar surface area (TPSA) is 180 Å². The van der Waals surface area contributed by atoms with Crippen LogP contribution in [0.3, 0.4) is 0 Å². The molecule has 2 aromatic rings. The second-order valence-corrected chi connectivity index (χ2v) is 9.80. The molecule has 0 saturated carbocycles. The summed E-state index contributed by atoms with van der Waals surface area (Å²) >= 11 is 0. The number of carboxylic acid groups (broad SMARTS) is 1. The molecule has 0 aromatic heterocycles. The highest BCUT2D eigenvalue weighted by molar-refractivity contribution is 5.96. The first kappa shape index (κ1) is 31.0. The van der Waals surface area contributed by atoms with Crippen LogP contribution in [0.2, 0.25) is 0 Å². The van der Waals surface area contributed by atoms with E-state index in [0.29, 0.717) is 18.5 Å². The number of carboxylic acids is 1. The molecule has 0 spiro atoms. The number of amides is 4. The Bertz CT molecular complexity index is 1130. The smallest absolute Gasteiger partial charge is 0.309 e. The van der Waals surface area contributed by atoms with Crippen molar-refractivity contribution in [2.75, 3.05) is 25.0 Å². The van der Waals surface area contributed by atoms with Crippen LogP contribution < -0.4 is 27.0 Å². The third kappa shape index (κ3) is 11.3. The molecule has 4 amide bonds. The Hall–Kier alpha value is -4.25. The predicted octanol–water partition coefficient (Wildman–Crippen LogP) is 0.977. The lowest BCUT2D eigenvalue weighted by atomic mass is 9.87. The number of carbonyl (C=O) groups excluding carboxylic acids is 4. The van der Waals surface area contributed by atoms with Gasteiger partial charge in [0.2, 0.25) is 23.6 Å². The summed E-state index contributed by atoms with van der Waals surface area (Å²) in [7, 11) is 0. The van der Waals surface area contributed by atoms with Crippen LogP contribution in [0.25, 0.3) is 0 Å². The molecular formula is C28H37N5O6. The van der Waals surface area contributed by atoms with E-state index in [9.17, 15) is 29.1 Å². The fourth-order valence-electron chi connectivity index (χ4n) is 3.65. The summed E-state index contributed by atoms with van der Waals surface area (Å²) in [5.41, 5.74) is 6.82. The van der Waals surface area contributed by atoms with Gasteiger partial charge >= 0.3 is 5.97 Å². The highest BCUT2D eigenvalue weighted by Gasteiger charge is 2.26. The van der Waals surface area contributed by atoms with Gasteiger partial charge in [-0.1, -0.05) is 42.5 Å². The molecule has 39 heavy (non-hydrogen) atoms. The number of carbonyl (C=O) groups is 5. The predicted molar refractivity (Wildman–Crippen MR) is 147 cm³/mol. The minimum atomic E-state index is -0.965. The molecule has 11 nitrogen and oxygen atoms in total. The number of aryl methyl sites for hydroxylation is 1. The molecule has 0 saturated heterocycles. The molecule has 2 rings (SSSR count). The summed E-state index contributed by atoms with van der Waals surface area (Å²) < 4.78 is 0. The average molecular weight is 540 g/mol. The summed E-state index contributed by atoms with van der Waals surface area (Å²) in [6, 6.07) is 15.3. The van der Waals surface area contributed by atoms with E-state index in [1.165, 1.54) is 0 Å². The van der Waals surface area contributed by atoms with Gasteiger partial charge < -0.3 is 32.1 Å². The van der Waals surface area contributed by atoms with Crippen LogP contribution in [0.1, 0.15) is 37.8 Å². The zero-order chi connectivity index (χ0) is 28.8.